The Hall–Kier alpha value is -12.1. The van der Waals surface area contributed by atoms with E-state index >= 15 is 0 Å². The van der Waals surface area contributed by atoms with Crippen molar-refractivity contribution in [3.63, 3.8) is 0 Å². The second-order valence-electron chi connectivity index (χ2n) is 38.1. The molecule has 6 nitrogen and oxygen atoms in total. The topological polar surface area (TPSA) is 42.6 Å². The van der Waals surface area contributed by atoms with Crippen molar-refractivity contribution >= 4 is 145 Å². The lowest BCUT2D eigenvalue weighted by atomic mass is 9.33. The first-order chi connectivity index (χ1) is 60.2. The molecular formula is C108H99BN4O2. The molecule has 7 heteroatoms. The summed E-state index contributed by atoms with van der Waals surface area (Å²) in [5, 5.41) is 5.21. The zero-order valence-electron chi connectivity index (χ0n) is 81.7. The molecule has 4 aromatic heterocycles. The molecular weight excluding hydrogens is 1400 g/mol. The molecule has 20 rings (SSSR count). The Morgan fingerprint density at radius 3 is 1.06 bits per heavy atom. The fourth-order valence-electron chi connectivity index (χ4n) is 17.9. The van der Waals surface area contributed by atoms with E-state index in [1.54, 1.807) is 6.07 Å². The summed E-state index contributed by atoms with van der Waals surface area (Å²) in [7, 11) is 0. The van der Waals surface area contributed by atoms with Crippen LogP contribution < -0.4 is 26.2 Å². The molecule has 0 atom stereocenters. The van der Waals surface area contributed by atoms with Crippen molar-refractivity contribution in [2.24, 2.45) is 0 Å². The van der Waals surface area contributed by atoms with Gasteiger partial charge in [0.25, 0.3) is 6.71 Å². The van der Waals surface area contributed by atoms with Crippen LogP contribution in [0.4, 0.5) is 34.1 Å². The van der Waals surface area contributed by atoms with Gasteiger partial charge >= 0.3 is 0 Å². The molecule has 0 amide bonds. The molecule has 6 heterocycles. The number of anilines is 6. The monoisotopic (exact) mass is 1510 g/mol. The van der Waals surface area contributed by atoms with E-state index in [1.165, 1.54) is 26.8 Å². The van der Waals surface area contributed by atoms with Crippen molar-refractivity contribution in [1.29, 1.82) is 0 Å². The summed E-state index contributed by atoms with van der Waals surface area (Å²) < 4.78 is 140. The van der Waals surface area contributed by atoms with Gasteiger partial charge in [-0.15, -0.1) is 0 Å². The third-order valence-electron chi connectivity index (χ3n) is 24.3. The molecule has 566 valence electrons. The second kappa shape index (κ2) is 25.2. The Labute approximate surface area is 694 Å². The van der Waals surface area contributed by atoms with Crippen LogP contribution in [-0.4, -0.2) is 15.8 Å². The van der Waals surface area contributed by atoms with Crippen LogP contribution in [0.2, 0.25) is 0 Å². The maximum atomic E-state index is 9.69. The Morgan fingerprint density at radius 2 is 0.609 bits per heavy atom. The van der Waals surface area contributed by atoms with Gasteiger partial charge in [-0.05, 0) is 201 Å². The van der Waals surface area contributed by atoms with Gasteiger partial charge in [-0.25, -0.2) is 0 Å². The van der Waals surface area contributed by atoms with Gasteiger partial charge in [0, 0.05) is 65.8 Å². The molecule has 0 fully saturated rings. The van der Waals surface area contributed by atoms with E-state index in [2.05, 4.69) is 279 Å². The average Bonchev–Trinajstić information content (AvgIpc) is 1.24. The number of rotatable bonds is 7. The number of nitrogens with zero attached hydrogens (tertiary/aromatic N) is 4. The number of benzene rings is 14. The van der Waals surface area contributed by atoms with Crippen LogP contribution in [0, 0.1) is 0 Å². The first-order valence-electron chi connectivity index (χ1n) is 46.7. The van der Waals surface area contributed by atoms with Crippen LogP contribution >= 0.6 is 0 Å². The number of fused-ring (bicyclic) bond motifs is 16. The summed E-state index contributed by atoms with van der Waals surface area (Å²) in [5.41, 5.74) is 22.0. The minimum absolute atomic E-state index is 0.0364. The van der Waals surface area contributed by atoms with Gasteiger partial charge in [0.15, 0.2) is 22.3 Å². The van der Waals surface area contributed by atoms with Crippen LogP contribution in [0.3, 0.4) is 0 Å². The van der Waals surface area contributed by atoms with Crippen molar-refractivity contribution in [2.45, 2.75) is 157 Å². The van der Waals surface area contributed by atoms with Gasteiger partial charge in [-0.2, -0.15) is 0 Å². The second-order valence-corrected chi connectivity index (χ2v) is 38.1. The molecule has 0 radical (unpaired) electrons. The average molecular weight is 1510 g/mol. The standard InChI is InChI=1S/C108H99BN4O2/c1-103(2,3)70-46-50-88-82(62-70)83-63-71(104(4,5)6)47-51-89(83)111(88)92-41-27-35-79-81-37-29-43-94(102(81)115-100(79)92)113-95-57-66(67-52-72(105(7,8)9)60-73(53-67)106(10,11)12)44-48-84(95)109-85-56-65(64-30-20-19-21-31-64)45-49-90(85)112(96-58-69(59-97(113)98(96)109)68-54-74(107(13,14)15)61-75(55-68)108(16,17)18)93-42-28-36-80-78-34-26-40-91(99(78)114-101(80)93)110-86-38-24-22-32-76(86)77-33-23-25-39-87(77)110/h19-63H,1-18H3/i19D,20D,21D,22D,23D,24D,25D,30D,31D,32D,33D,38D,39D. The zero-order valence-corrected chi connectivity index (χ0v) is 68.7. The van der Waals surface area contributed by atoms with Gasteiger partial charge in [0.1, 0.15) is 0 Å². The third-order valence-corrected chi connectivity index (χ3v) is 24.3. The Bertz CT molecular complexity index is 7720. The first-order valence-corrected chi connectivity index (χ1v) is 40.2. The molecule has 0 bridgehead atoms. The van der Waals surface area contributed by atoms with Crippen molar-refractivity contribution in [1.82, 2.24) is 9.13 Å². The SMILES string of the molecule is [2H]c1c([2H])c([2H])c(-c2ccc3c(c2)B2c4ccc(-c5cc(C(C)(C)C)cc(C(C)(C)C)c5)cc4N(c4cccc5c4oc4c(-n6c7ccc(C(C)(C)C)cc7c7cc(C(C)(C)C)ccc76)cccc45)c4cc(-c5cc(C(C)(C)C)cc(C(C)(C)C)c5)cc(c42)N3c2cccc3c2oc2c(-n4c5c([2H])c([2H])c([2H])c([2H])c5c5c([2H])c([2H])c([2H])c([2H])c54)cccc23)c([2H])c1[2H]. The number of hydrogen-bond donors (Lipinski definition) is 0. The quantitative estimate of drug-likeness (QED) is 0.149. The van der Waals surface area contributed by atoms with E-state index in [0.29, 0.717) is 44.5 Å². The molecule has 0 spiro atoms. The summed E-state index contributed by atoms with van der Waals surface area (Å²) in [6.07, 6.45) is 0. The lowest BCUT2D eigenvalue weighted by molar-refractivity contribution is 0.568. The summed E-state index contributed by atoms with van der Waals surface area (Å²) in [4.78, 5) is 4.64. The fraction of sp³-hybridized carbons (Fsp3) is 0.222. The summed E-state index contributed by atoms with van der Waals surface area (Å²) in [6.45, 7) is 40.0. The first kappa shape index (κ1) is 58.8. The molecule has 0 saturated carbocycles. The molecule has 2 aliphatic rings. The van der Waals surface area contributed by atoms with Crippen LogP contribution in [0.15, 0.2) is 282 Å². The highest BCUT2D eigenvalue weighted by molar-refractivity contribution is 7.00. The molecule has 0 aliphatic carbocycles. The summed E-state index contributed by atoms with van der Waals surface area (Å²) >= 11 is 0. The van der Waals surface area contributed by atoms with Crippen molar-refractivity contribution in [3.05, 3.63) is 306 Å². The van der Waals surface area contributed by atoms with E-state index in [-0.39, 0.29) is 83.2 Å². The van der Waals surface area contributed by atoms with Gasteiger partial charge in [-0.1, -0.05) is 312 Å². The Balaban J connectivity index is 0.937. The highest BCUT2D eigenvalue weighted by atomic mass is 16.3. The van der Waals surface area contributed by atoms with Crippen LogP contribution in [-0.2, 0) is 32.5 Å². The summed E-state index contributed by atoms with van der Waals surface area (Å²) in [6, 6.07) is 63.3. The molecule has 18 aromatic rings. The number of hydrogen-bond acceptors (Lipinski definition) is 4. The van der Waals surface area contributed by atoms with E-state index in [9.17, 15) is 11.0 Å². The van der Waals surface area contributed by atoms with Crippen molar-refractivity contribution in [3.8, 4) is 44.8 Å². The molecule has 0 saturated heterocycles. The smallest absolute Gasteiger partial charge is 0.252 e. The molecule has 115 heavy (non-hydrogen) atoms. The highest BCUT2D eigenvalue weighted by Crippen LogP contribution is 2.54. The van der Waals surface area contributed by atoms with Crippen molar-refractivity contribution in [2.75, 3.05) is 9.80 Å². The lowest BCUT2D eigenvalue weighted by Gasteiger charge is -2.44. The van der Waals surface area contributed by atoms with Gasteiger partial charge in [-0.3, -0.25) is 0 Å². The Morgan fingerprint density at radius 1 is 0.243 bits per heavy atom. The van der Waals surface area contributed by atoms with E-state index in [0.717, 1.165) is 111 Å². The fourth-order valence-corrected chi connectivity index (χ4v) is 17.9. The predicted molar refractivity (Wildman–Crippen MR) is 492 cm³/mol. The van der Waals surface area contributed by atoms with E-state index < -0.39 is 73.2 Å². The molecule has 0 N–H and O–H groups in total. The number of aromatic nitrogens is 2. The largest absolute Gasteiger partial charge is 0.452 e. The zero-order chi connectivity index (χ0) is 91.0. The number of furan rings is 2. The van der Waals surface area contributed by atoms with Crippen LogP contribution in [0.5, 0.6) is 0 Å². The minimum Gasteiger partial charge on any atom is -0.452 e. The maximum Gasteiger partial charge on any atom is 0.252 e. The predicted octanol–water partition coefficient (Wildman–Crippen LogP) is 28.5. The van der Waals surface area contributed by atoms with Gasteiger partial charge in [0.2, 0.25) is 0 Å². The van der Waals surface area contributed by atoms with Crippen LogP contribution in [0.25, 0.3) is 132 Å². The van der Waals surface area contributed by atoms with E-state index in [1.807, 2.05) is 48.5 Å². The normalized spacial score (nSPS) is 15.2. The van der Waals surface area contributed by atoms with E-state index in [4.69, 9.17) is 15.7 Å². The minimum atomic E-state index is -0.673. The molecule has 0 unspecified atom stereocenters. The third kappa shape index (κ3) is 11.5. The van der Waals surface area contributed by atoms with Crippen LogP contribution in [0.1, 0.15) is 176 Å². The Kier molecular flexibility index (Phi) is 12.9. The molecule has 2 aliphatic heterocycles. The van der Waals surface area contributed by atoms with Gasteiger partial charge in [0.05, 0.1) is 62.6 Å². The summed E-state index contributed by atoms with van der Waals surface area (Å²) in [5.74, 6) is 0. The number of para-hydroxylation sites is 6. The maximum absolute atomic E-state index is 9.69. The highest BCUT2D eigenvalue weighted by Gasteiger charge is 2.46. The van der Waals surface area contributed by atoms with Crippen molar-refractivity contribution < 1.29 is 26.7 Å². The van der Waals surface area contributed by atoms with Gasteiger partial charge < -0.3 is 27.8 Å². The molecule has 14 aromatic carbocycles. The lowest BCUT2D eigenvalue weighted by Crippen LogP contribution is -2.61.